The van der Waals surface area contributed by atoms with Crippen molar-refractivity contribution < 1.29 is 13.9 Å². The molecule has 0 radical (unpaired) electrons. The van der Waals surface area contributed by atoms with Crippen molar-refractivity contribution in [1.29, 1.82) is 0 Å². The summed E-state index contributed by atoms with van der Waals surface area (Å²) in [5, 5.41) is 8.14. The lowest BCUT2D eigenvalue weighted by Crippen LogP contribution is -2.30. The Labute approximate surface area is 192 Å². The first-order chi connectivity index (χ1) is 16.0. The molecule has 1 fully saturated rings. The second-order valence-electron chi connectivity index (χ2n) is 9.39. The predicted octanol–water partition coefficient (Wildman–Crippen LogP) is 5.68. The van der Waals surface area contributed by atoms with E-state index < -0.39 is 0 Å². The van der Waals surface area contributed by atoms with Gasteiger partial charge in [0.25, 0.3) is 0 Å². The van der Waals surface area contributed by atoms with Crippen molar-refractivity contribution in [2.24, 2.45) is 7.05 Å². The van der Waals surface area contributed by atoms with Gasteiger partial charge in [0.2, 0.25) is 0 Å². The van der Waals surface area contributed by atoms with Crippen LogP contribution >= 0.6 is 0 Å². The molecule has 3 heterocycles. The lowest BCUT2D eigenvalue weighted by atomic mass is 9.97. The summed E-state index contributed by atoms with van der Waals surface area (Å²) in [5.74, 6) is 2.54. The maximum atomic E-state index is 13.9. The van der Waals surface area contributed by atoms with Gasteiger partial charge in [0.15, 0.2) is 17.3 Å². The summed E-state index contributed by atoms with van der Waals surface area (Å²) in [6.07, 6.45) is 11.3. The van der Waals surface area contributed by atoms with Crippen LogP contribution in [0.1, 0.15) is 43.2 Å². The number of benzene rings is 2. The summed E-state index contributed by atoms with van der Waals surface area (Å²) in [7, 11) is 2.03. The van der Waals surface area contributed by atoms with E-state index in [1.54, 1.807) is 12.3 Å². The van der Waals surface area contributed by atoms with Crippen LogP contribution in [0.15, 0.2) is 54.6 Å². The number of aryl methyl sites for hydroxylation is 1. The number of ether oxygens (including phenoxy) is 2. The fraction of sp³-hybridized carbons (Fsp3) is 0.333. The van der Waals surface area contributed by atoms with Crippen LogP contribution in [0, 0.1) is 5.82 Å². The zero-order valence-corrected chi connectivity index (χ0v) is 18.9. The Morgan fingerprint density at radius 1 is 1.21 bits per heavy atom. The molecule has 2 aliphatic heterocycles. The van der Waals surface area contributed by atoms with Gasteiger partial charge in [-0.1, -0.05) is 12.2 Å². The Kier molecular flexibility index (Phi) is 4.91. The first-order valence-electron chi connectivity index (χ1n) is 11.7. The molecule has 2 aromatic carbocycles. The lowest BCUT2D eigenvalue weighted by molar-refractivity contribution is 0.309. The van der Waals surface area contributed by atoms with E-state index in [-0.39, 0.29) is 5.82 Å². The maximum Gasteiger partial charge on any atom is 0.178 e. The number of hydrogen-bond acceptors (Lipinski definition) is 4. The van der Waals surface area contributed by atoms with Gasteiger partial charge >= 0.3 is 0 Å². The Hall–Kier alpha value is -3.25. The number of nitrogens with one attached hydrogen (secondary N) is 2. The van der Waals surface area contributed by atoms with Gasteiger partial charge in [-0.3, -0.25) is 0 Å². The highest BCUT2D eigenvalue weighted by atomic mass is 19.1. The van der Waals surface area contributed by atoms with E-state index in [4.69, 9.17) is 9.47 Å². The molecule has 6 rings (SSSR count). The zero-order valence-electron chi connectivity index (χ0n) is 18.9. The highest BCUT2D eigenvalue weighted by Crippen LogP contribution is 2.43. The summed E-state index contributed by atoms with van der Waals surface area (Å²) >= 11 is 0. The smallest absolute Gasteiger partial charge is 0.178 e. The molecule has 3 aromatic rings. The molecule has 3 atom stereocenters. The molecule has 1 aliphatic carbocycles. The topological polar surface area (TPSA) is 47.5 Å². The minimum Gasteiger partial charge on any atom is -0.457 e. The highest BCUT2D eigenvalue weighted by molar-refractivity contribution is 5.84. The van der Waals surface area contributed by atoms with Gasteiger partial charge in [-0.25, -0.2) is 4.39 Å². The first-order valence-corrected chi connectivity index (χ1v) is 11.7. The molecule has 1 saturated carbocycles. The van der Waals surface area contributed by atoms with E-state index in [0.717, 1.165) is 58.7 Å². The summed E-state index contributed by atoms with van der Waals surface area (Å²) in [6.45, 7) is 2.73. The number of fused-ring (bicyclic) bond motifs is 4. The van der Waals surface area contributed by atoms with E-state index in [1.165, 1.54) is 11.6 Å². The predicted molar refractivity (Wildman–Crippen MR) is 129 cm³/mol. The van der Waals surface area contributed by atoms with Crippen molar-refractivity contribution in [2.75, 3.05) is 11.9 Å². The Bertz CT molecular complexity index is 1290. The van der Waals surface area contributed by atoms with Gasteiger partial charge in [-0.15, -0.1) is 0 Å². The van der Waals surface area contributed by atoms with Gasteiger partial charge in [0.05, 0.1) is 6.54 Å². The van der Waals surface area contributed by atoms with Crippen molar-refractivity contribution in [1.82, 2.24) is 9.88 Å². The van der Waals surface area contributed by atoms with E-state index in [0.29, 0.717) is 24.5 Å². The molecule has 0 saturated heterocycles. The number of halogens is 1. The zero-order chi connectivity index (χ0) is 22.5. The third-order valence-corrected chi connectivity index (χ3v) is 7.06. The van der Waals surface area contributed by atoms with Crippen molar-refractivity contribution in [3.05, 3.63) is 71.6 Å². The van der Waals surface area contributed by atoms with Gasteiger partial charge in [-0.2, -0.15) is 0 Å². The van der Waals surface area contributed by atoms with Gasteiger partial charge < -0.3 is 24.7 Å². The minimum absolute atomic E-state index is 0.175. The number of hydrogen-bond donors (Lipinski definition) is 2. The van der Waals surface area contributed by atoms with Crippen molar-refractivity contribution in [3.8, 4) is 11.5 Å². The minimum atomic E-state index is -0.175. The normalized spacial score (nSPS) is 23.4. The van der Waals surface area contributed by atoms with Crippen molar-refractivity contribution >= 4 is 22.7 Å². The van der Waals surface area contributed by atoms with Crippen LogP contribution < -0.4 is 20.1 Å². The monoisotopic (exact) mass is 445 g/mol. The fourth-order valence-corrected chi connectivity index (χ4v) is 5.38. The molecule has 0 spiro atoms. The van der Waals surface area contributed by atoms with E-state index >= 15 is 0 Å². The molecule has 0 bridgehead atoms. The molecular formula is C27H28FN3O2. The average Bonchev–Trinajstić information content (AvgIpc) is 3.41. The van der Waals surface area contributed by atoms with E-state index in [1.807, 2.05) is 25.2 Å². The molecule has 1 unspecified atom stereocenters. The van der Waals surface area contributed by atoms with E-state index in [2.05, 4.69) is 40.5 Å². The lowest BCUT2D eigenvalue weighted by Gasteiger charge is -2.26. The van der Waals surface area contributed by atoms with Gasteiger partial charge in [0.1, 0.15) is 12.1 Å². The standard InChI is InChI=1S/C27H28FN3O2/c1-16-3-7-21-24(30-16)8-10-26-27(21)33-20(15-32-26)13-29-19-6-4-17(11-19)23-14-31(2)25-9-5-18(28)12-22(23)25/h3,5,7-10,12,14-17,19,29-30H,4,6,11,13H2,1-2H3/t16?,17-,19+/m0/s1. The largest absolute Gasteiger partial charge is 0.457 e. The second-order valence-corrected chi connectivity index (χ2v) is 9.39. The fourth-order valence-electron chi connectivity index (χ4n) is 5.38. The number of rotatable bonds is 4. The van der Waals surface area contributed by atoms with Crippen LogP contribution in [-0.4, -0.2) is 23.2 Å². The molecule has 2 N–H and O–H groups in total. The number of anilines is 1. The van der Waals surface area contributed by atoms with Crippen LogP contribution in [0.25, 0.3) is 17.0 Å². The molecule has 170 valence electrons. The van der Waals surface area contributed by atoms with Crippen LogP contribution in [0.4, 0.5) is 10.1 Å². The highest BCUT2D eigenvalue weighted by Gasteiger charge is 2.29. The molecule has 6 heteroatoms. The van der Waals surface area contributed by atoms with Gasteiger partial charge in [-0.05, 0) is 68.0 Å². The molecular weight excluding hydrogens is 417 g/mol. The second kappa shape index (κ2) is 7.96. The third-order valence-electron chi connectivity index (χ3n) is 7.06. The molecule has 3 aliphatic rings. The maximum absolute atomic E-state index is 13.9. The van der Waals surface area contributed by atoms with Crippen molar-refractivity contribution in [3.63, 3.8) is 0 Å². The van der Waals surface area contributed by atoms with Crippen molar-refractivity contribution in [2.45, 2.75) is 44.2 Å². The summed E-state index contributed by atoms with van der Waals surface area (Å²) in [5.41, 5.74) is 4.43. The Morgan fingerprint density at radius 3 is 3.03 bits per heavy atom. The quantitative estimate of drug-likeness (QED) is 0.542. The molecule has 33 heavy (non-hydrogen) atoms. The first kappa shape index (κ1) is 20.4. The SMILES string of the molecule is CC1C=Cc2c(ccc3c2OC(CN[C@@H]2CC[C@H](c4cn(C)c5ccc(F)cc45)C2)=CO3)N1. The van der Waals surface area contributed by atoms with E-state index in [9.17, 15) is 4.39 Å². The van der Waals surface area contributed by atoms with Crippen LogP contribution in [0.3, 0.4) is 0 Å². The average molecular weight is 446 g/mol. The number of aromatic nitrogens is 1. The Balaban J connectivity index is 1.12. The Morgan fingerprint density at radius 2 is 2.12 bits per heavy atom. The molecule has 5 nitrogen and oxygen atoms in total. The van der Waals surface area contributed by atoms with Crippen LogP contribution in [0.5, 0.6) is 11.5 Å². The molecule has 0 amide bonds. The number of nitrogens with zero attached hydrogens (tertiary/aromatic N) is 1. The van der Waals surface area contributed by atoms with Gasteiger partial charge in [0, 0.05) is 47.5 Å². The summed E-state index contributed by atoms with van der Waals surface area (Å²) in [6, 6.07) is 9.74. The summed E-state index contributed by atoms with van der Waals surface area (Å²) < 4.78 is 28.1. The molecule has 1 aromatic heterocycles. The summed E-state index contributed by atoms with van der Waals surface area (Å²) in [4.78, 5) is 0. The van der Waals surface area contributed by atoms with Crippen LogP contribution in [0.2, 0.25) is 0 Å². The van der Waals surface area contributed by atoms with Crippen LogP contribution in [-0.2, 0) is 7.05 Å². The third kappa shape index (κ3) is 3.68.